The van der Waals surface area contributed by atoms with Gasteiger partial charge in [0.25, 0.3) is 5.91 Å². The number of anilines is 1. The molecule has 0 aliphatic heterocycles. The highest BCUT2D eigenvalue weighted by molar-refractivity contribution is 6.30. The van der Waals surface area contributed by atoms with E-state index in [4.69, 9.17) is 21.1 Å². The quantitative estimate of drug-likeness (QED) is 0.580. The molecular formula is C22H18ClNO4. The van der Waals surface area contributed by atoms with Crippen LogP contribution in [0.1, 0.15) is 20.7 Å². The summed E-state index contributed by atoms with van der Waals surface area (Å²) in [6.45, 7) is -0.0936. The Morgan fingerprint density at radius 1 is 0.893 bits per heavy atom. The van der Waals surface area contributed by atoms with Gasteiger partial charge in [0.2, 0.25) is 0 Å². The first-order valence-electron chi connectivity index (χ1n) is 8.52. The maximum atomic E-state index is 12.2. The van der Waals surface area contributed by atoms with Crippen LogP contribution in [0, 0.1) is 0 Å². The normalized spacial score (nSPS) is 10.2. The lowest BCUT2D eigenvalue weighted by Crippen LogP contribution is -2.12. The van der Waals surface area contributed by atoms with Crippen LogP contribution in [0.5, 0.6) is 11.5 Å². The number of hydrogen-bond acceptors (Lipinski definition) is 4. The second-order valence-corrected chi connectivity index (χ2v) is 6.37. The van der Waals surface area contributed by atoms with E-state index in [9.17, 15) is 9.59 Å². The van der Waals surface area contributed by atoms with Gasteiger partial charge in [-0.3, -0.25) is 9.59 Å². The van der Waals surface area contributed by atoms with E-state index in [2.05, 4.69) is 5.32 Å². The van der Waals surface area contributed by atoms with Gasteiger partial charge < -0.3 is 14.8 Å². The van der Waals surface area contributed by atoms with Crippen LogP contribution < -0.4 is 14.8 Å². The molecule has 142 valence electrons. The molecule has 0 aromatic heterocycles. The molecule has 0 saturated heterocycles. The van der Waals surface area contributed by atoms with E-state index >= 15 is 0 Å². The summed E-state index contributed by atoms with van der Waals surface area (Å²) >= 11 is 5.82. The maximum Gasteiger partial charge on any atom is 0.255 e. The Morgan fingerprint density at radius 3 is 2.29 bits per heavy atom. The summed E-state index contributed by atoms with van der Waals surface area (Å²) in [6, 6.07) is 20.3. The average Bonchev–Trinajstić information content (AvgIpc) is 2.73. The Labute approximate surface area is 167 Å². The third kappa shape index (κ3) is 5.11. The molecule has 3 rings (SSSR count). The van der Waals surface area contributed by atoms with E-state index in [1.807, 2.05) is 0 Å². The first kappa shape index (κ1) is 19.5. The molecule has 0 aliphatic rings. The van der Waals surface area contributed by atoms with Crippen molar-refractivity contribution in [2.45, 2.75) is 0 Å². The number of carbonyl (C=O) groups is 2. The largest absolute Gasteiger partial charge is 0.497 e. The van der Waals surface area contributed by atoms with Crippen LogP contribution in [-0.2, 0) is 0 Å². The topological polar surface area (TPSA) is 64.6 Å². The number of amides is 1. The van der Waals surface area contributed by atoms with Gasteiger partial charge in [0.1, 0.15) is 11.5 Å². The van der Waals surface area contributed by atoms with Crippen molar-refractivity contribution in [3.05, 3.63) is 88.9 Å². The van der Waals surface area contributed by atoms with Gasteiger partial charge in [0.15, 0.2) is 12.4 Å². The van der Waals surface area contributed by atoms with Crippen LogP contribution in [0.2, 0.25) is 5.02 Å². The standard InChI is InChI=1S/C22H18ClNO4/c1-27-20-4-2-3-16(13-20)21(25)14-28-19-11-9-18(10-12-19)24-22(26)15-5-7-17(23)8-6-15/h2-13H,14H2,1H3,(H,24,26). The molecule has 0 saturated carbocycles. The zero-order valence-corrected chi connectivity index (χ0v) is 15.9. The number of Topliss-reactive ketones (excluding diaryl/α,β-unsaturated/α-hetero) is 1. The number of rotatable bonds is 7. The van der Waals surface area contributed by atoms with Crippen LogP contribution >= 0.6 is 11.6 Å². The van der Waals surface area contributed by atoms with Gasteiger partial charge in [-0.1, -0.05) is 23.7 Å². The highest BCUT2D eigenvalue weighted by Crippen LogP contribution is 2.18. The van der Waals surface area contributed by atoms with E-state index < -0.39 is 0 Å². The molecule has 3 aromatic rings. The molecule has 28 heavy (non-hydrogen) atoms. The summed E-state index contributed by atoms with van der Waals surface area (Å²) in [7, 11) is 1.55. The summed E-state index contributed by atoms with van der Waals surface area (Å²) in [4.78, 5) is 24.4. The van der Waals surface area contributed by atoms with Crippen LogP contribution in [0.4, 0.5) is 5.69 Å². The number of hydrogen-bond donors (Lipinski definition) is 1. The van der Waals surface area contributed by atoms with Crippen LogP contribution in [0.3, 0.4) is 0 Å². The Morgan fingerprint density at radius 2 is 1.61 bits per heavy atom. The summed E-state index contributed by atoms with van der Waals surface area (Å²) in [5, 5.41) is 3.36. The summed E-state index contributed by atoms with van der Waals surface area (Å²) in [5.41, 5.74) is 1.64. The summed E-state index contributed by atoms with van der Waals surface area (Å²) < 4.78 is 10.7. The molecule has 3 aromatic carbocycles. The highest BCUT2D eigenvalue weighted by atomic mass is 35.5. The van der Waals surface area contributed by atoms with Crippen molar-refractivity contribution in [2.24, 2.45) is 0 Å². The number of methoxy groups -OCH3 is 1. The number of nitrogens with one attached hydrogen (secondary N) is 1. The fourth-order valence-electron chi connectivity index (χ4n) is 2.47. The minimum atomic E-state index is -0.237. The van der Waals surface area contributed by atoms with Gasteiger partial charge in [-0.05, 0) is 60.7 Å². The van der Waals surface area contributed by atoms with E-state index in [0.717, 1.165) is 0 Å². The van der Waals surface area contributed by atoms with Gasteiger partial charge in [-0.2, -0.15) is 0 Å². The number of benzene rings is 3. The second-order valence-electron chi connectivity index (χ2n) is 5.93. The smallest absolute Gasteiger partial charge is 0.255 e. The Kier molecular flexibility index (Phi) is 6.29. The zero-order chi connectivity index (χ0) is 19.9. The van der Waals surface area contributed by atoms with E-state index in [-0.39, 0.29) is 18.3 Å². The third-order valence-corrected chi connectivity index (χ3v) is 4.23. The molecule has 0 heterocycles. The predicted octanol–water partition coefficient (Wildman–Crippen LogP) is 4.86. The molecule has 0 spiro atoms. The molecule has 0 atom stereocenters. The molecule has 0 unspecified atom stereocenters. The van der Waals surface area contributed by atoms with Crippen molar-refractivity contribution < 1.29 is 19.1 Å². The fourth-order valence-corrected chi connectivity index (χ4v) is 2.59. The Hall–Kier alpha value is -3.31. The van der Waals surface area contributed by atoms with Crippen molar-refractivity contribution in [1.29, 1.82) is 0 Å². The van der Waals surface area contributed by atoms with Crippen molar-refractivity contribution in [3.63, 3.8) is 0 Å². The van der Waals surface area contributed by atoms with E-state index in [1.165, 1.54) is 0 Å². The van der Waals surface area contributed by atoms with Crippen molar-refractivity contribution in [1.82, 2.24) is 0 Å². The second kappa shape index (κ2) is 9.06. The molecule has 1 N–H and O–H groups in total. The molecule has 6 heteroatoms. The van der Waals surface area contributed by atoms with Crippen LogP contribution in [-0.4, -0.2) is 25.4 Å². The maximum absolute atomic E-state index is 12.2. The third-order valence-electron chi connectivity index (χ3n) is 3.98. The monoisotopic (exact) mass is 395 g/mol. The summed E-state index contributed by atoms with van der Waals surface area (Å²) in [5.74, 6) is 0.755. The van der Waals surface area contributed by atoms with Crippen molar-refractivity contribution in [3.8, 4) is 11.5 Å². The summed E-state index contributed by atoms with van der Waals surface area (Å²) in [6.07, 6.45) is 0. The fraction of sp³-hybridized carbons (Fsp3) is 0.0909. The van der Waals surface area contributed by atoms with Crippen molar-refractivity contribution in [2.75, 3.05) is 19.0 Å². The molecule has 5 nitrogen and oxygen atoms in total. The van der Waals surface area contributed by atoms with Crippen LogP contribution in [0.15, 0.2) is 72.8 Å². The lowest BCUT2D eigenvalue weighted by molar-refractivity contribution is 0.0921. The van der Waals surface area contributed by atoms with E-state index in [1.54, 1.807) is 79.9 Å². The van der Waals surface area contributed by atoms with Gasteiger partial charge in [-0.25, -0.2) is 0 Å². The molecule has 0 radical (unpaired) electrons. The van der Waals surface area contributed by atoms with Gasteiger partial charge in [-0.15, -0.1) is 0 Å². The predicted molar refractivity (Wildman–Crippen MR) is 109 cm³/mol. The number of ketones is 1. The first-order chi connectivity index (χ1) is 13.5. The molecular weight excluding hydrogens is 378 g/mol. The zero-order valence-electron chi connectivity index (χ0n) is 15.1. The van der Waals surface area contributed by atoms with Gasteiger partial charge >= 0.3 is 0 Å². The SMILES string of the molecule is COc1cccc(C(=O)COc2ccc(NC(=O)c3ccc(Cl)cc3)cc2)c1. The van der Waals surface area contributed by atoms with Gasteiger partial charge in [0, 0.05) is 21.8 Å². The minimum Gasteiger partial charge on any atom is -0.497 e. The Bertz CT molecular complexity index is 969. The average molecular weight is 396 g/mol. The minimum absolute atomic E-state index is 0.0936. The van der Waals surface area contributed by atoms with Gasteiger partial charge in [0.05, 0.1) is 7.11 Å². The molecule has 1 amide bonds. The van der Waals surface area contributed by atoms with Crippen LogP contribution in [0.25, 0.3) is 0 Å². The molecule has 0 bridgehead atoms. The Balaban J connectivity index is 1.56. The lowest BCUT2D eigenvalue weighted by Gasteiger charge is -2.09. The highest BCUT2D eigenvalue weighted by Gasteiger charge is 2.09. The molecule has 0 fully saturated rings. The number of halogens is 1. The first-order valence-corrected chi connectivity index (χ1v) is 8.90. The lowest BCUT2D eigenvalue weighted by atomic mass is 10.1. The number of ether oxygens (including phenoxy) is 2. The van der Waals surface area contributed by atoms with Crippen molar-refractivity contribution >= 4 is 29.0 Å². The number of carbonyl (C=O) groups excluding carboxylic acids is 2. The molecule has 0 aliphatic carbocycles. The van der Waals surface area contributed by atoms with E-state index in [0.29, 0.717) is 33.3 Å².